The first-order valence-electron chi connectivity index (χ1n) is 9.45. The van der Waals surface area contributed by atoms with Gasteiger partial charge in [-0.3, -0.25) is 4.79 Å². The van der Waals surface area contributed by atoms with Gasteiger partial charge in [0.05, 0.1) is 23.0 Å². The molecule has 0 spiro atoms. The van der Waals surface area contributed by atoms with Crippen LogP contribution in [0.3, 0.4) is 0 Å². The van der Waals surface area contributed by atoms with Gasteiger partial charge in [-0.05, 0) is 43.2 Å². The summed E-state index contributed by atoms with van der Waals surface area (Å²) in [6, 6.07) is 16.1. The molecule has 2 aromatic carbocycles. The van der Waals surface area contributed by atoms with Crippen LogP contribution in [0.4, 0.5) is 5.69 Å². The van der Waals surface area contributed by atoms with Crippen LogP contribution in [0.5, 0.6) is 5.75 Å². The molecule has 1 fully saturated rings. The Hall–Kier alpha value is -2.86. The van der Waals surface area contributed by atoms with E-state index in [9.17, 15) is 4.79 Å². The minimum absolute atomic E-state index is 0.0777. The van der Waals surface area contributed by atoms with E-state index < -0.39 is 0 Å². The Bertz CT molecular complexity index is 965. The van der Waals surface area contributed by atoms with Crippen LogP contribution in [-0.2, 0) is 4.79 Å². The number of methoxy groups -OCH3 is 1. The van der Waals surface area contributed by atoms with Crippen LogP contribution in [0.25, 0.3) is 16.3 Å². The van der Waals surface area contributed by atoms with E-state index >= 15 is 0 Å². The summed E-state index contributed by atoms with van der Waals surface area (Å²) >= 11 is 1.59. The number of aromatic nitrogens is 1. The van der Waals surface area contributed by atoms with Crippen LogP contribution in [0.2, 0.25) is 0 Å². The van der Waals surface area contributed by atoms with Gasteiger partial charge in [-0.2, -0.15) is 0 Å². The number of nitrogens with one attached hydrogen (secondary N) is 1. The lowest BCUT2D eigenvalue weighted by Crippen LogP contribution is -2.47. The number of thiazole rings is 1. The molecule has 0 bridgehead atoms. The number of para-hydroxylation sites is 3. The molecule has 28 heavy (non-hydrogen) atoms. The number of carbonyl (C=O) groups excluding carboxylic acids is 1. The van der Waals surface area contributed by atoms with E-state index in [0.29, 0.717) is 0 Å². The highest BCUT2D eigenvalue weighted by Crippen LogP contribution is 2.30. The fraction of sp³-hybridized carbons (Fsp3) is 0.273. The van der Waals surface area contributed by atoms with Gasteiger partial charge in [-0.25, -0.2) is 4.98 Å². The molecule has 1 amide bonds. The van der Waals surface area contributed by atoms with Crippen LogP contribution in [0, 0.1) is 0 Å². The Morgan fingerprint density at radius 3 is 2.93 bits per heavy atom. The van der Waals surface area contributed by atoms with Gasteiger partial charge < -0.3 is 15.0 Å². The number of hydrogen-bond acceptors (Lipinski definition) is 5. The quantitative estimate of drug-likeness (QED) is 0.663. The number of ether oxygens (including phenoxy) is 1. The average Bonchev–Trinajstić information content (AvgIpc) is 3.15. The van der Waals surface area contributed by atoms with Crippen molar-refractivity contribution in [3.05, 3.63) is 59.6 Å². The van der Waals surface area contributed by atoms with E-state index in [4.69, 9.17) is 4.74 Å². The van der Waals surface area contributed by atoms with Crippen molar-refractivity contribution in [1.82, 2.24) is 10.3 Å². The van der Waals surface area contributed by atoms with Gasteiger partial charge in [0, 0.05) is 25.2 Å². The third-order valence-corrected chi connectivity index (χ3v) is 5.88. The predicted octanol–water partition coefficient (Wildman–Crippen LogP) is 4.10. The Morgan fingerprint density at radius 2 is 2.07 bits per heavy atom. The van der Waals surface area contributed by atoms with E-state index in [0.717, 1.165) is 52.6 Å². The highest BCUT2D eigenvalue weighted by molar-refractivity contribution is 7.19. The molecule has 5 nitrogen and oxygen atoms in total. The maximum atomic E-state index is 12.4. The van der Waals surface area contributed by atoms with E-state index in [1.807, 2.05) is 42.5 Å². The van der Waals surface area contributed by atoms with Gasteiger partial charge >= 0.3 is 0 Å². The minimum Gasteiger partial charge on any atom is -0.495 e. The monoisotopic (exact) mass is 393 g/mol. The second-order valence-electron chi connectivity index (χ2n) is 6.82. The zero-order valence-electron chi connectivity index (χ0n) is 15.8. The van der Waals surface area contributed by atoms with E-state index in [2.05, 4.69) is 21.3 Å². The summed E-state index contributed by atoms with van der Waals surface area (Å²) in [6.45, 7) is 1.75. The van der Waals surface area contributed by atoms with Gasteiger partial charge in [0.25, 0.3) is 0 Å². The molecule has 1 unspecified atom stereocenters. The van der Waals surface area contributed by atoms with Crippen molar-refractivity contribution in [2.75, 3.05) is 25.1 Å². The summed E-state index contributed by atoms with van der Waals surface area (Å²) in [4.78, 5) is 19.2. The van der Waals surface area contributed by atoms with Crippen molar-refractivity contribution in [3.8, 4) is 5.75 Å². The molecule has 1 saturated heterocycles. The molecule has 1 atom stereocenters. The van der Waals surface area contributed by atoms with Crippen molar-refractivity contribution in [2.24, 2.45) is 0 Å². The molecule has 0 radical (unpaired) electrons. The van der Waals surface area contributed by atoms with Gasteiger partial charge in [0.1, 0.15) is 10.8 Å². The zero-order chi connectivity index (χ0) is 19.3. The van der Waals surface area contributed by atoms with Crippen LogP contribution >= 0.6 is 11.3 Å². The van der Waals surface area contributed by atoms with E-state index in [1.54, 1.807) is 30.6 Å². The number of amides is 1. The minimum atomic E-state index is -0.0777. The lowest BCUT2D eigenvalue weighted by molar-refractivity contribution is -0.117. The fourth-order valence-corrected chi connectivity index (χ4v) is 4.43. The van der Waals surface area contributed by atoms with Crippen molar-refractivity contribution < 1.29 is 9.53 Å². The summed E-state index contributed by atoms with van der Waals surface area (Å²) < 4.78 is 6.61. The highest BCUT2D eigenvalue weighted by Gasteiger charge is 2.22. The highest BCUT2D eigenvalue weighted by atomic mass is 32.1. The summed E-state index contributed by atoms with van der Waals surface area (Å²) in [5, 5.41) is 3.97. The normalized spacial score (nSPS) is 17.2. The lowest BCUT2D eigenvalue weighted by atomic mass is 10.0. The van der Waals surface area contributed by atoms with Crippen molar-refractivity contribution in [2.45, 2.75) is 18.9 Å². The molecule has 0 aliphatic carbocycles. The summed E-state index contributed by atoms with van der Waals surface area (Å²) in [5.74, 6) is 0.788. The molecule has 0 saturated carbocycles. The number of rotatable bonds is 5. The van der Waals surface area contributed by atoms with Gasteiger partial charge in [0.2, 0.25) is 5.91 Å². The van der Waals surface area contributed by atoms with E-state index in [-0.39, 0.29) is 11.9 Å². The number of nitrogens with zero attached hydrogens (tertiary/aromatic N) is 2. The number of carbonyl (C=O) groups is 1. The Kier molecular flexibility index (Phi) is 5.58. The third-order valence-electron chi connectivity index (χ3n) is 4.88. The molecule has 1 aromatic heterocycles. The molecular weight excluding hydrogens is 370 g/mol. The van der Waals surface area contributed by atoms with Crippen LogP contribution in [0.1, 0.15) is 17.8 Å². The van der Waals surface area contributed by atoms with Crippen molar-refractivity contribution >= 4 is 39.2 Å². The van der Waals surface area contributed by atoms with Crippen LogP contribution in [-0.4, -0.2) is 37.1 Å². The average molecular weight is 394 g/mol. The van der Waals surface area contributed by atoms with Gasteiger partial charge in [-0.15, -0.1) is 11.3 Å². The summed E-state index contributed by atoms with van der Waals surface area (Å²) in [6.07, 6.45) is 5.39. The Labute approximate surface area is 168 Å². The molecule has 1 aliphatic heterocycles. The smallest absolute Gasteiger partial charge is 0.244 e. The number of fused-ring (bicyclic) bond motifs is 1. The van der Waals surface area contributed by atoms with E-state index in [1.165, 1.54) is 0 Å². The summed E-state index contributed by atoms with van der Waals surface area (Å²) in [5.41, 5.74) is 2.04. The van der Waals surface area contributed by atoms with Gasteiger partial charge in [-0.1, -0.05) is 24.3 Å². The molecule has 1 N–H and O–H groups in total. The zero-order valence-corrected chi connectivity index (χ0v) is 16.6. The first-order valence-corrected chi connectivity index (χ1v) is 10.3. The molecule has 3 aromatic rings. The largest absolute Gasteiger partial charge is 0.495 e. The standard InChI is InChI=1S/C22H23N3O2S/c1-27-19-10-4-3-9-18(19)25-14-6-7-16(15-25)23-21(26)12-13-22-24-17-8-2-5-11-20(17)28-22/h2-5,8-13,16H,6-7,14-15H2,1H3,(H,23,26)/b13-12+. The molecule has 4 rings (SSSR count). The summed E-state index contributed by atoms with van der Waals surface area (Å²) in [7, 11) is 1.69. The van der Waals surface area contributed by atoms with Crippen LogP contribution < -0.4 is 15.0 Å². The maximum Gasteiger partial charge on any atom is 0.244 e. The number of anilines is 1. The third kappa shape index (κ3) is 4.17. The first-order chi connectivity index (χ1) is 13.7. The lowest BCUT2D eigenvalue weighted by Gasteiger charge is -2.35. The number of benzene rings is 2. The molecule has 1 aliphatic rings. The topological polar surface area (TPSA) is 54.5 Å². The van der Waals surface area contributed by atoms with Gasteiger partial charge in [0.15, 0.2) is 0 Å². The Morgan fingerprint density at radius 1 is 1.25 bits per heavy atom. The fourth-order valence-electron chi connectivity index (χ4n) is 3.56. The molecule has 6 heteroatoms. The molecule has 144 valence electrons. The van der Waals surface area contributed by atoms with Crippen LogP contribution in [0.15, 0.2) is 54.6 Å². The number of piperidine rings is 1. The second-order valence-corrected chi connectivity index (χ2v) is 7.88. The molecule has 2 heterocycles. The molecular formula is C22H23N3O2S. The number of hydrogen-bond donors (Lipinski definition) is 1. The Balaban J connectivity index is 1.38. The predicted molar refractivity (Wildman–Crippen MR) is 115 cm³/mol. The SMILES string of the molecule is COc1ccccc1N1CCCC(NC(=O)/C=C/c2nc3ccccc3s2)C1. The first kappa shape index (κ1) is 18.5. The maximum absolute atomic E-state index is 12.4. The van der Waals surface area contributed by atoms with Crippen molar-refractivity contribution in [3.63, 3.8) is 0 Å². The van der Waals surface area contributed by atoms with Crippen molar-refractivity contribution in [1.29, 1.82) is 0 Å². The second kappa shape index (κ2) is 8.44.